The van der Waals surface area contributed by atoms with Crippen molar-refractivity contribution in [2.75, 3.05) is 0 Å². The summed E-state index contributed by atoms with van der Waals surface area (Å²) in [6.45, 7) is 5.41. The molecule has 1 N–H and O–H groups in total. The van der Waals surface area contributed by atoms with E-state index in [1.54, 1.807) is 30.7 Å². The van der Waals surface area contributed by atoms with Crippen LogP contribution in [0.1, 0.15) is 39.6 Å². The fourth-order valence-corrected chi connectivity index (χ4v) is 3.38. The van der Waals surface area contributed by atoms with Crippen LogP contribution in [0.4, 0.5) is 13.2 Å². The Hall–Kier alpha value is -2.27. The lowest BCUT2D eigenvalue weighted by Crippen LogP contribution is -2.09. The average Bonchev–Trinajstić information content (AvgIpc) is 2.84. The zero-order chi connectivity index (χ0) is 18.5. The molecular formula is C20H19F3NO. The molecule has 0 fully saturated rings. The molecule has 2 nitrogen and oxygen atoms in total. The summed E-state index contributed by atoms with van der Waals surface area (Å²) in [5.41, 5.74) is 3.35. The van der Waals surface area contributed by atoms with Crippen molar-refractivity contribution in [1.29, 1.82) is 0 Å². The molecule has 2 aromatic carbocycles. The zero-order valence-electron chi connectivity index (χ0n) is 14.5. The van der Waals surface area contributed by atoms with Crippen molar-refractivity contribution < 1.29 is 18.3 Å². The molecule has 1 aromatic heterocycles. The molecular weight excluding hydrogens is 327 g/mol. The van der Waals surface area contributed by atoms with Gasteiger partial charge in [0.25, 0.3) is 0 Å². The molecule has 1 atom stereocenters. The van der Waals surface area contributed by atoms with Gasteiger partial charge in [-0.25, -0.2) is 0 Å². The first kappa shape index (κ1) is 17.5. The highest BCUT2D eigenvalue weighted by Crippen LogP contribution is 2.36. The number of aliphatic hydroxyl groups is 1. The van der Waals surface area contributed by atoms with E-state index in [0.29, 0.717) is 22.2 Å². The molecule has 5 heteroatoms. The second kappa shape index (κ2) is 5.92. The number of fused-ring (bicyclic) bond motifs is 1. The van der Waals surface area contributed by atoms with Gasteiger partial charge in [0.2, 0.25) is 0 Å². The van der Waals surface area contributed by atoms with E-state index < -0.39 is 17.8 Å². The lowest BCUT2D eigenvalue weighted by atomic mass is 9.96. The van der Waals surface area contributed by atoms with Crippen molar-refractivity contribution in [2.24, 2.45) is 7.05 Å². The van der Waals surface area contributed by atoms with E-state index in [1.807, 2.05) is 19.9 Å². The van der Waals surface area contributed by atoms with Crippen molar-refractivity contribution >= 4 is 10.9 Å². The van der Waals surface area contributed by atoms with Crippen LogP contribution in [0.5, 0.6) is 0 Å². The maximum Gasteiger partial charge on any atom is 0.416 e. The lowest BCUT2D eigenvalue weighted by molar-refractivity contribution is -0.137. The maximum atomic E-state index is 13.1. The zero-order valence-corrected chi connectivity index (χ0v) is 14.5. The summed E-state index contributed by atoms with van der Waals surface area (Å²) in [4.78, 5) is 0. The number of rotatable bonds is 2. The van der Waals surface area contributed by atoms with Crippen LogP contribution in [0.25, 0.3) is 10.9 Å². The Labute approximate surface area is 144 Å². The van der Waals surface area contributed by atoms with Crippen molar-refractivity contribution in [1.82, 2.24) is 4.57 Å². The van der Waals surface area contributed by atoms with E-state index >= 15 is 0 Å². The summed E-state index contributed by atoms with van der Waals surface area (Å²) in [5.74, 6) is 0. The Morgan fingerprint density at radius 1 is 1.08 bits per heavy atom. The maximum absolute atomic E-state index is 13.1. The van der Waals surface area contributed by atoms with Crippen LogP contribution in [0, 0.1) is 26.8 Å². The predicted molar refractivity (Wildman–Crippen MR) is 91.5 cm³/mol. The monoisotopic (exact) mass is 346 g/mol. The van der Waals surface area contributed by atoms with Crippen LogP contribution in [-0.4, -0.2) is 9.67 Å². The van der Waals surface area contributed by atoms with Gasteiger partial charge in [-0.3, -0.25) is 0 Å². The highest BCUT2D eigenvalue weighted by molar-refractivity contribution is 5.85. The minimum absolute atomic E-state index is 0.455. The highest BCUT2D eigenvalue weighted by Gasteiger charge is 2.32. The van der Waals surface area contributed by atoms with E-state index in [2.05, 4.69) is 6.07 Å². The Morgan fingerprint density at radius 3 is 2.36 bits per heavy atom. The molecule has 0 aliphatic heterocycles. The number of aryl methyl sites for hydroxylation is 4. The molecule has 25 heavy (non-hydrogen) atoms. The SMILES string of the molecule is Cc1[c]ccc(C)c1C(O)c1cc2c(C)cc(C(F)(F)F)cc2n1C. The van der Waals surface area contributed by atoms with Gasteiger partial charge >= 0.3 is 6.18 Å². The quantitative estimate of drug-likeness (QED) is 0.694. The predicted octanol–water partition coefficient (Wildman–Crippen LogP) is 5.00. The Kier molecular flexibility index (Phi) is 4.15. The summed E-state index contributed by atoms with van der Waals surface area (Å²) in [7, 11) is 1.68. The standard InChI is InChI=1S/C20H19F3NO/c1-11-6-5-7-12(2)18(11)19(25)17-10-15-13(3)8-14(20(21,22)23)9-16(15)24(17)4/h5-6,8-10,19,25H,1-4H3. The van der Waals surface area contributed by atoms with Gasteiger partial charge in [0, 0.05) is 18.0 Å². The summed E-state index contributed by atoms with van der Waals surface area (Å²) in [6, 6.07) is 10.8. The Morgan fingerprint density at radius 2 is 1.76 bits per heavy atom. The van der Waals surface area contributed by atoms with E-state index in [0.717, 1.165) is 28.8 Å². The highest BCUT2D eigenvalue weighted by atomic mass is 19.4. The number of halogens is 3. The van der Waals surface area contributed by atoms with Gasteiger partial charge in [-0.1, -0.05) is 12.1 Å². The second-order valence-electron chi connectivity index (χ2n) is 6.45. The first-order valence-electron chi connectivity index (χ1n) is 7.94. The summed E-state index contributed by atoms with van der Waals surface area (Å²) < 4.78 is 40.9. The lowest BCUT2D eigenvalue weighted by Gasteiger charge is -2.17. The molecule has 3 rings (SSSR count). The van der Waals surface area contributed by atoms with Gasteiger partial charge in [0.05, 0.1) is 11.3 Å². The van der Waals surface area contributed by atoms with Crippen LogP contribution < -0.4 is 0 Å². The molecule has 0 spiro atoms. The number of benzene rings is 2. The third-order valence-electron chi connectivity index (χ3n) is 4.75. The van der Waals surface area contributed by atoms with Crippen molar-refractivity contribution in [3.63, 3.8) is 0 Å². The molecule has 1 radical (unpaired) electrons. The molecule has 0 amide bonds. The third-order valence-corrected chi connectivity index (χ3v) is 4.75. The van der Waals surface area contributed by atoms with E-state index in [1.165, 1.54) is 0 Å². The molecule has 0 saturated heterocycles. The van der Waals surface area contributed by atoms with Crippen LogP contribution in [0.2, 0.25) is 0 Å². The minimum Gasteiger partial charge on any atom is -0.382 e. The van der Waals surface area contributed by atoms with Crippen molar-refractivity contribution in [3.05, 3.63) is 69.9 Å². The molecule has 131 valence electrons. The summed E-state index contributed by atoms with van der Waals surface area (Å²) >= 11 is 0. The molecule has 0 aliphatic carbocycles. The van der Waals surface area contributed by atoms with Gasteiger partial charge in [-0.2, -0.15) is 13.2 Å². The Bertz CT molecular complexity index is 933. The van der Waals surface area contributed by atoms with Gasteiger partial charge in [0.1, 0.15) is 6.10 Å². The van der Waals surface area contributed by atoms with Gasteiger partial charge in [-0.15, -0.1) is 0 Å². The van der Waals surface area contributed by atoms with Crippen molar-refractivity contribution in [2.45, 2.75) is 33.1 Å². The number of hydrogen-bond donors (Lipinski definition) is 1. The fraction of sp³-hybridized carbons (Fsp3) is 0.300. The number of aromatic nitrogens is 1. The molecule has 3 aromatic rings. The number of nitrogens with zero attached hydrogens (tertiary/aromatic N) is 1. The van der Waals surface area contributed by atoms with Crippen LogP contribution in [0.3, 0.4) is 0 Å². The molecule has 0 saturated carbocycles. The van der Waals surface area contributed by atoms with Crippen LogP contribution >= 0.6 is 0 Å². The van der Waals surface area contributed by atoms with E-state index in [4.69, 9.17) is 0 Å². The molecule has 0 bridgehead atoms. The second-order valence-corrected chi connectivity index (χ2v) is 6.45. The summed E-state index contributed by atoms with van der Waals surface area (Å²) in [6.07, 6.45) is -5.33. The molecule has 1 heterocycles. The number of hydrogen-bond acceptors (Lipinski definition) is 1. The van der Waals surface area contributed by atoms with Gasteiger partial charge in [-0.05, 0) is 67.3 Å². The normalized spacial score (nSPS) is 13.4. The number of aliphatic hydroxyl groups excluding tert-OH is 1. The smallest absolute Gasteiger partial charge is 0.382 e. The van der Waals surface area contributed by atoms with Crippen LogP contribution in [-0.2, 0) is 13.2 Å². The van der Waals surface area contributed by atoms with Gasteiger partial charge < -0.3 is 9.67 Å². The average molecular weight is 346 g/mol. The Balaban J connectivity index is 2.21. The van der Waals surface area contributed by atoms with Crippen LogP contribution in [0.15, 0.2) is 30.3 Å². The topological polar surface area (TPSA) is 25.2 Å². The molecule has 0 aliphatic rings. The largest absolute Gasteiger partial charge is 0.416 e. The van der Waals surface area contributed by atoms with E-state index in [9.17, 15) is 18.3 Å². The first-order chi connectivity index (χ1) is 11.6. The third kappa shape index (κ3) is 2.93. The van der Waals surface area contributed by atoms with Gasteiger partial charge in [0.15, 0.2) is 0 Å². The fourth-order valence-electron chi connectivity index (χ4n) is 3.38. The first-order valence-corrected chi connectivity index (χ1v) is 7.94. The summed E-state index contributed by atoms with van der Waals surface area (Å²) in [5, 5.41) is 11.6. The molecule has 1 unspecified atom stereocenters. The van der Waals surface area contributed by atoms with E-state index in [-0.39, 0.29) is 0 Å². The minimum atomic E-state index is -4.40. The van der Waals surface area contributed by atoms with Crippen molar-refractivity contribution in [3.8, 4) is 0 Å². The number of alkyl halides is 3.